The third-order valence-corrected chi connectivity index (χ3v) is 3.54. The van der Waals surface area contributed by atoms with E-state index in [4.69, 9.17) is 4.42 Å². The first kappa shape index (κ1) is 12.6. The lowest BCUT2D eigenvalue weighted by atomic mass is 10.2. The van der Waals surface area contributed by atoms with Gasteiger partial charge in [0.2, 0.25) is 0 Å². The maximum Gasteiger partial charge on any atom is 0.192 e. The van der Waals surface area contributed by atoms with Gasteiger partial charge in [-0.3, -0.25) is 0 Å². The molecule has 2 heterocycles. The van der Waals surface area contributed by atoms with Gasteiger partial charge in [0.05, 0.1) is 30.5 Å². The second-order valence-corrected chi connectivity index (χ2v) is 6.04. The largest absolute Gasteiger partial charge is 0.472 e. The standard InChI is InChI=1S/C12H14N2O3S/c1-9(10-5-6-17-8-10)14-11-3-4-12(13-7-11)18(2,15)16/h3-9,14H,1-2H3. The maximum absolute atomic E-state index is 11.3. The van der Waals surface area contributed by atoms with Gasteiger partial charge < -0.3 is 9.73 Å². The summed E-state index contributed by atoms with van der Waals surface area (Å²) in [5.74, 6) is 0. The van der Waals surface area contributed by atoms with E-state index >= 15 is 0 Å². The lowest BCUT2D eigenvalue weighted by molar-refractivity contribution is 0.562. The Balaban J connectivity index is 2.12. The van der Waals surface area contributed by atoms with Gasteiger partial charge in [-0.25, -0.2) is 13.4 Å². The maximum atomic E-state index is 11.3. The fraction of sp³-hybridized carbons (Fsp3) is 0.250. The molecule has 2 rings (SSSR count). The van der Waals surface area contributed by atoms with E-state index in [-0.39, 0.29) is 11.1 Å². The Morgan fingerprint density at radius 3 is 2.61 bits per heavy atom. The number of anilines is 1. The van der Waals surface area contributed by atoms with Crippen molar-refractivity contribution in [2.75, 3.05) is 11.6 Å². The number of hydrogen-bond acceptors (Lipinski definition) is 5. The zero-order valence-electron chi connectivity index (χ0n) is 10.1. The zero-order valence-corrected chi connectivity index (χ0v) is 10.9. The number of rotatable bonds is 4. The van der Waals surface area contributed by atoms with E-state index in [0.717, 1.165) is 17.5 Å². The predicted octanol–water partition coefficient (Wildman–Crippen LogP) is 2.25. The first-order valence-corrected chi connectivity index (χ1v) is 7.31. The number of pyridine rings is 1. The molecule has 0 aliphatic rings. The van der Waals surface area contributed by atoms with Gasteiger partial charge in [-0.1, -0.05) is 0 Å². The van der Waals surface area contributed by atoms with Crippen LogP contribution < -0.4 is 5.32 Å². The van der Waals surface area contributed by atoms with E-state index in [1.165, 1.54) is 12.3 Å². The summed E-state index contributed by atoms with van der Waals surface area (Å²) >= 11 is 0. The molecule has 1 unspecified atom stereocenters. The van der Waals surface area contributed by atoms with Crippen LogP contribution in [0.15, 0.2) is 46.4 Å². The summed E-state index contributed by atoms with van der Waals surface area (Å²) in [6, 6.07) is 5.12. The van der Waals surface area contributed by atoms with E-state index in [0.29, 0.717) is 0 Å². The van der Waals surface area contributed by atoms with Crippen LogP contribution in [0.5, 0.6) is 0 Å². The SMILES string of the molecule is CC(Nc1ccc(S(C)(=O)=O)nc1)c1ccoc1. The van der Waals surface area contributed by atoms with Crippen molar-refractivity contribution in [2.45, 2.75) is 18.0 Å². The summed E-state index contributed by atoms with van der Waals surface area (Å²) in [7, 11) is -3.25. The molecule has 0 radical (unpaired) electrons. The molecular weight excluding hydrogens is 252 g/mol. The third kappa shape index (κ3) is 2.89. The van der Waals surface area contributed by atoms with Crippen LogP contribution >= 0.6 is 0 Å². The van der Waals surface area contributed by atoms with Crippen molar-refractivity contribution < 1.29 is 12.8 Å². The van der Waals surface area contributed by atoms with Gasteiger partial charge in [0.1, 0.15) is 0 Å². The normalized spacial score (nSPS) is 13.2. The lowest BCUT2D eigenvalue weighted by Crippen LogP contribution is -2.07. The smallest absolute Gasteiger partial charge is 0.192 e. The van der Waals surface area contributed by atoms with Crippen molar-refractivity contribution in [3.05, 3.63) is 42.5 Å². The van der Waals surface area contributed by atoms with Crippen molar-refractivity contribution >= 4 is 15.5 Å². The minimum Gasteiger partial charge on any atom is -0.472 e. The van der Waals surface area contributed by atoms with Gasteiger partial charge in [0, 0.05) is 11.8 Å². The Bertz CT molecular complexity index is 603. The lowest BCUT2D eigenvalue weighted by Gasteiger charge is -2.13. The van der Waals surface area contributed by atoms with Crippen LogP contribution in [0.3, 0.4) is 0 Å². The van der Waals surface area contributed by atoms with E-state index in [9.17, 15) is 8.42 Å². The van der Waals surface area contributed by atoms with E-state index in [1.807, 2.05) is 13.0 Å². The molecule has 1 N–H and O–H groups in total. The number of furan rings is 1. The quantitative estimate of drug-likeness (QED) is 0.919. The van der Waals surface area contributed by atoms with Crippen LogP contribution in [-0.2, 0) is 9.84 Å². The molecule has 0 aliphatic carbocycles. The number of aromatic nitrogens is 1. The van der Waals surface area contributed by atoms with Crippen LogP contribution in [0.2, 0.25) is 0 Å². The van der Waals surface area contributed by atoms with Crippen LogP contribution in [0.25, 0.3) is 0 Å². The first-order valence-electron chi connectivity index (χ1n) is 5.41. The average molecular weight is 266 g/mol. The number of nitrogens with one attached hydrogen (secondary N) is 1. The number of hydrogen-bond donors (Lipinski definition) is 1. The average Bonchev–Trinajstić information content (AvgIpc) is 2.82. The predicted molar refractivity (Wildman–Crippen MR) is 68.1 cm³/mol. The summed E-state index contributed by atoms with van der Waals surface area (Å²) < 4.78 is 27.5. The summed E-state index contributed by atoms with van der Waals surface area (Å²) in [5, 5.41) is 3.28. The van der Waals surface area contributed by atoms with Gasteiger partial charge in [0.15, 0.2) is 14.9 Å². The van der Waals surface area contributed by atoms with Crippen molar-refractivity contribution in [3.63, 3.8) is 0 Å². The van der Waals surface area contributed by atoms with Gasteiger partial charge in [-0.05, 0) is 25.1 Å². The number of sulfone groups is 1. The second-order valence-electron chi connectivity index (χ2n) is 4.08. The molecular formula is C12H14N2O3S. The Kier molecular flexibility index (Phi) is 3.38. The van der Waals surface area contributed by atoms with Gasteiger partial charge in [0.25, 0.3) is 0 Å². The number of nitrogens with zero attached hydrogens (tertiary/aromatic N) is 1. The topological polar surface area (TPSA) is 72.2 Å². The molecule has 0 fully saturated rings. The summed E-state index contributed by atoms with van der Waals surface area (Å²) in [6.07, 6.45) is 5.91. The molecule has 18 heavy (non-hydrogen) atoms. The highest BCUT2D eigenvalue weighted by atomic mass is 32.2. The fourth-order valence-corrected chi connectivity index (χ4v) is 2.10. The summed E-state index contributed by atoms with van der Waals surface area (Å²) in [5.41, 5.74) is 1.78. The molecule has 0 aliphatic heterocycles. The highest BCUT2D eigenvalue weighted by molar-refractivity contribution is 7.90. The molecule has 2 aromatic rings. The van der Waals surface area contributed by atoms with Crippen molar-refractivity contribution in [2.24, 2.45) is 0 Å². The fourth-order valence-electron chi connectivity index (χ4n) is 1.54. The van der Waals surface area contributed by atoms with Crippen molar-refractivity contribution in [1.29, 1.82) is 0 Å². The van der Waals surface area contributed by atoms with Gasteiger partial charge in [-0.2, -0.15) is 0 Å². The molecule has 2 aromatic heterocycles. The zero-order chi connectivity index (χ0) is 13.2. The molecule has 0 amide bonds. The Hall–Kier alpha value is -1.82. The molecule has 96 valence electrons. The Labute approximate surface area is 106 Å². The molecule has 1 atom stereocenters. The van der Waals surface area contributed by atoms with Gasteiger partial charge >= 0.3 is 0 Å². The van der Waals surface area contributed by atoms with Crippen LogP contribution in [0.4, 0.5) is 5.69 Å². The Morgan fingerprint density at radius 2 is 2.11 bits per heavy atom. The van der Waals surface area contributed by atoms with Gasteiger partial charge in [-0.15, -0.1) is 0 Å². The summed E-state index contributed by atoms with van der Waals surface area (Å²) in [6.45, 7) is 1.98. The molecule has 0 saturated heterocycles. The van der Waals surface area contributed by atoms with Crippen molar-refractivity contribution in [3.8, 4) is 0 Å². The third-order valence-electron chi connectivity index (χ3n) is 2.54. The van der Waals surface area contributed by atoms with E-state index < -0.39 is 9.84 Å². The molecule has 0 saturated carbocycles. The summed E-state index contributed by atoms with van der Waals surface area (Å²) in [4.78, 5) is 3.91. The molecule has 6 heteroatoms. The van der Waals surface area contributed by atoms with Crippen LogP contribution in [0, 0.1) is 0 Å². The highest BCUT2D eigenvalue weighted by Crippen LogP contribution is 2.19. The van der Waals surface area contributed by atoms with E-state index in [1.54, 1.807) is 18.6 Å². The molecule has 0 aromatic carbocycles. The Morgan fingerprint density at radius 1 is 1.33 bits per heavy atom. The second kappa shape index (κ2) is 4.81. The molecule has 0 spiro atoms. The van der Waals surface area contributed by atoms with Crippen LogP contribution in [-0.4, -0.2) is 19.7 Å². The van der Waals surface area contributed by atoms with Crippen LogP contribution in [0.1, 0.15) is 18.5 Å². The minimum atomic E-state index is -3.25. The monoisotopic (exact) mass is 266 g/mol. The minimum absolute atomic E-state index is 0.0645. The highest BCUT2D eigenvalue weighted by Gasteiger charge is 2.10. The molecule has 5 nitrogen and oxygen atoms in total. The molecule has 0 bridgehead atoms. The van der Waals surface area contributed by atoms with E-state index in [2.05, 4.69) is 10.3 Å². The van der Waals surface area contributed by atoms with Crippen molar-refractivity contribution in [1.82, 2.24) is 4.98 Å². The first-order chi connectivity index (χ1) is 8.47.